The standard InChI is InChI=1S/C11H12ClNO6S/c1-6(10(14)15)13-20(17,18)9-4-7(11(16)19-2)3-8(12)5-9/h3-6,13H,1-2H3,(H,14,15). The lowest BCUT2D eigenvalue weighted by atomic mass is 10.2. The minimum absolute atomic E-state index is 0.0104. The van der Waals surface area contributed by atoms with Crippen molar-refractivity contribution in [2.45, 2.75) is 17.9 Å². The molecule has 1 atom stereocenters. The molecule has 1 aromatic carbocycles. The molecule has 2 N–H and O–H groups in total. The van der Waals surface area contributed by atoms with E-state index in [1.807, 2.05) is 4.72 Å². The summed E-state index contributed by atoms with van der Waals surface area (Å²) in [6.45, 7) is 1.17. The first-order chi connectivity index (χ1) is 9.17. The van der Waals surface area contributed by atoms with Crippen LogP contribution in [0.4, 0.5) is 0 Å². The Bertz CT molecular complexity index is 642. The Hall–Kier alpha value is -1.64. The minimum atomic E-state index is -4.11. The van der Waals surface area contributed by atoms with Crippen LogP contribution in [0.15, 0.2) is 23.1 Å². The molecule has 1 rings (SSSR count). The number of ether oxygens (including phenoxy) is 1. The zero-order valence-electron chi connectivity index (χ0n) is 10.6. The number of esters is 1. The van der Waals surface area contributed by atoms with Crippen molar-refractivity contribution in [2.24, 2.45) is 0 Å². The first-order valence-electron chi connectivity index (χ1n) is 5.31. The van der Waals surface area contributed by atoms with Gasteiger partial charge >= 0.3 is 11.9 Å². The molecule has 1 unspecified atom stereocenters. The summed E-state index contributed by atoms with van der Waals surface area (Å²) in [6.07, 6.45) is 0. The molecule has 0 heterocycles. The van der Waals surface area contributed by atoms with E-state index in [9.17, 15) is 18.0 Å². The first kappa shape index (κ1) is 16.4. The van der Waals surface area contributed by atoms with Gasteiger partial charge in [0, 0.05) is 5.02 Å². The Morgan fingerprint density at radius 3 is 2.45 bits per heavy atom. The number of hydrogen-bond acceptors (Lipinski definition) is 5. The number of sulfonamides is 1. The van der Waals surface area contributed by atoms with E-state index in [1.54, 1.807) is 0 Å². The van der Waals surface area contributed by atoms with Crippen LogP contribution in [0.3, 0.4) is 0 Å². The molecule has 9 heteroatoms. The molecule has 0 aromatic heterocycles. The van der Waals surface area contributed by atoms with Gasteiger partial charge in [-0.3, -0.25) is 4.79 Å². The van der Waals surface area contributed by atoms with E-state index < -0.39 is 28.0 Å². The molecule has 0 fully saturated rings. The van der Waals surface area contributed by atoms with Gasteiger partial charge < -0.3 is 9.84 Å². The molecule has 0 radical (unpaired) electrons. The molecule has 0 amide bonds. The maximum Gasteiger partial charge on any atom is 0.337 e. The van der Waals surface area contributed by atoms with E-state index in [2.05, 4.69) is 4.74 Å². The Labute approximate surface area is 120 Å². The molecular weight excluding hydrogens is 310 g/mol. The molecule has 0 spiro atoms. The van der Waals surface area contributed by atoms with Crippen molar-refractivity contribution >= 4 is 33.6 Å². The van der Waals surface area contributed by atoms with Crippen molar-refractivity contribution in [1.82, 2.24) is 4.72 Å². The van der Waals surface area contributed by atoms with E-state index in [4.69, 9.17) is 16.7 Å². The number of benzene rings is 1. The number of methoxy groups -OCH3 is 1. The summed E-state index contributed by atoms with van der Waals surface area (Å²) in [5.74, 6) is -2.08. The third kappa shape index (κ3) is 3.92. The number of carbonyl (C=O) groups is 2. The van der Waals surface area contributed by atoms with Crippen LogP contribution in [0, 0.1) is 0 Å². The summed E-state index contributed by atoms with van der Waals surface area (Å²) in [6, 6.07) is 2.08. The van der Waals surface area contributed by atoms with Gasteiger partial charge in [0.05, 0.1) is 17.6 Å². The lowest BCUT2D eigenvalue weighted by Crippen LogP contribution is -2.38. The van der Waals surface area contributed by atoms with Gasteiger partial charge in [0.25, 0.3) is 0 Å². The number of rotatable bonds is 5. The topological polar surface area (TPSA) is 110 Å². The largest absolute Gasteiger partial charge is 0.480 e. The average molecular weight is 322 g/mol. The van der Waals surface area contributed by atoms with Gasteiger partial charge in [0.2, 0.25) is 10.0 Å². The number of hydrogen-bond donors (Lipinski definition) is 2. The number of carboxylic acid groups (broad SMARTS) is 1. The number of aliphatic carboxylic acids is 1. The Morgan fingerprint density at radius 1 is 1.35 bits per heavy atom. The second kappa shape index (κ2) is 6.21. The monoisotopic (exact) mass is 321 g/mol. The highest BCUT2D eigenvalue weighted by Gasteiger charge is 2.23. The zero-order chi connectivity index (χ0) is 15.5. The lowest BCUT2D eigenvalue weighted by molar-refractivity contribution is -0.138. The van der Waals surface area contributed by atoms with Gasteiger partial charge in [-0.1, -0.05) is 11.6 Å². The average Bonchev–Trinajstić information content (AvgIpc) is 2.36. The predicted molar refractivity (Wildman–Crippen MR) is 70.2 cm³/mol. The maximum absolute atomic E-state index is 12.0. The normalized spacial score (nSPS) is 12.8. The van der Waals surface area contributed by atoms with Crippen LogP contribution < -0.4 is 4.72 Å². The zero-order valence-corrected chi connectivity index (χ0v) is 12.2. The van der Waals surface area contributed by atoms with Gasteiger partial charge in [-0.05, 0) is 25.1 Å². The lowest BCUT2D eigenvalue weighted by Gasteiger charge is -2.11. The van der Waals surface area contributed by atoms with E-state index in [1.165, 1.54) is 13.0 Å². The Kier molecular flexibility index (Phi) is 5.09. The molecule has 0 saturated carbocycles. The molecule has 0 saturated heterocycles. The molecule has 1 aromatic rings. The summed E-state index contributed by atoms with van der Waals surface area (Å²) in [4.78, 5) is 21.7. The Balaban J connectivity index is 3.22. The predicted octanol–water partition coefficient (Wildman–Crippen LogP) is 0.878. The molecule has 0 aliphatic heterocycles. The summed E-state index contributed by atoms with van der Waals surface area (Å²) >= 11 is 5.74. The summed E-state index contributed by atoms with van der Waals surface area (Å²) in [5, 5.41) is 8.71. The van der Waals surface area contributed by atoms with Crippen molar-refractivity contribution in [3.63, 3.8) is 0 Å². The van der Waals surface area contributed by atoms with Crippen LogP contribution in [0.2, 0.25) is 5.02 Å². The van der Waals surface area contributed by atoms with Crippen LogP contribution in [-0.4, -0.2) is 38.6 Å². The first-order valence-corrected chi connectivity index (χ1v) is 7.17. The third-order valence-corrected chi connectivity index (χ3v) is 4.04. The molecule has 0 aliphatic carbocycles. The summed E-state index contributed by atoms with van der Waals surface area (Å²) in [5.41, 5.74) is -0.0525. The highest BCUT2D eigenvalue weighted by Crippen LogP contribution is 2.20. The van der Waals surface area contributed by atoms with Gasteiger partial charge in [0.1, 0.15) is 6.04 Å². The highest BCUT2D eigenvalue weighted by atomic mass is 35.5. The number of nitrogens with one attached hydrogen (secondary N) is 1. The van der Waals surface area contributed by atoms with E-state index in [-0.39, 0.29) is 15.5 Å². The number of carbonyl (C=O) groups excluding carboxylic acids is 1. The highest BCUT2D eigenvalue weighted by molar-refractivity contribution is 7.89. The second-order valence-corrected chi connectivity index (χ2v) is 6.00. The third-order valence-electron chi connectivity index (χ3n) is 2.31. The van der Waals surface area contributed by atoms with Crippen LogP contribution >= 0.6 is 11.6 Å². The van der Waals surface area contributed by atoms with E-state index >= 15 is 0 Å². The number of carboxylic acids is 1. The molecule has 0 aliphatic rings. The fourth-order valence-corrected chi connectivity index (χ4v) is 2.87. The number of halogens is 1. The minimum Gasteiger partial charge on any atom is -0.480 e. The SMILES string of the molecule is COC(=O)c1cc(Cl)cc(S(=O)(=O)NC(C)C(=O)O)c1. The molecule has 20 heavy (non-hydrogen) atoms. The summed E-state index contributed by atoms with van der Waals surface area (Å²) in [7, 11) is -2.97. The fourth-order valence-electron chi connectivity index (χ4n) is 1.30. The van der Waals surface area contributed by atoms with Crippen LogP contribution in [0.1, 0.15) is 17.3 Å². The molecule has 0 bridgehead atoms. The van der Waals surface area contributed by atoms with Crippen LogP contribution in [-0.2, 0) is 19.6 Å². The van der Waals surface area contributed by atoms with Crippen molar-refractivity contribution in [1.29, 1.82) is 0 Å². The Morgan fingerprint density at radius 2 is 1.95 bits per heavy atom. The van der Waals surface area contributed by atoms with Crippen molar-refractivity contribution in [3.05, 3.63) is 28.8 Å². The van der Waals surface area contributed by atoms with E-state index in [0.29, 0.717) is 0 Å². The van der Waals surface area contributed by atoms with Crippen molar-refractivity contribution in [3.8, 4) is 0 Å². The van der Waals surface area contributed by atoms with Crippen molar-refractivity contribution in [2.75, 3.05) is 7.11 Å². The quantitative estimate of drug-likeness (QED) is 0.779. The maximum atomic E-state index is 12.0. The smallest absolute Gasteiger partial charge is 0.337 e. The summed E-state index contributed by atoms with van der Waals surface area (Å²) < 4.78 is 30.4. The van der Waals surface area contributed by atoms with E-state index in [0.717, 1.165) is 19.2 Å². The fraction of sp³-hybridized carbons (Fsp3) is 0.273. The van der Waals surface area contributed by atoms with Crippen LogP contribution in [0.5, 0.6) is 0 Å². The second-order valence-electron chi connectivity index (χ2n) is 3.85. The molecule has 110 valence electrons. The van der Waals surface area contributed by atoms with Gasteiger partial charge in [-0.2, -0.15) is 4.72 Å². The van der Waals surface area contributed by atoms with Crippen molar-refractivity contribution < 1.29 is 27.9 Å². The molecule has 7 nitrogen and oxygen atoms in total. The van der Waals surface area contributed by atoms with Gasteiger partial charge in [-0.25, -0.2) is 13.2 Å². The molecular formula is C11H12ClNO6S. The van der Waals surface area contributed by atoms with Crippen LogP contribution in [0.25, 0.3) is 0 Å². The van der Waals surface area contributed by atoms with Gasteiger partial charge in [-0.15, -0.1) is 0 Å². The van der Waals surface area contributed by atoms with Gasteiger partial charge in [0.15, 0.2) is 0 Å².